The van der Waals surface area contributed by atoms with Gasteiger partial charge in [0.2, 0.25) is 0 Å². The average molecular weight is 425 g/mol. The second-order valence-electron chi connectivity index (χ2n) is 7.01. The predicted octanol–water partition coefficient (Wildman–Crippen LogP) is 6.47. The molecular weight excluding hydrogens is 409 g/mol. The van der Waals surface area contributed by atoms with E-state index in [4.69, 9.17) is 39.5 Å². The van der Waals surface area contributed by atoms with Crippen molar-refractivity contribution in [2.24, 2.45) is 0 Å². The highest BCUT2D eigenvalue weighted by molar-refractivity contribution is 6.43. The van der Waals surface area contributed by atoms with Crippen LogP contribution in [0.3, 0.4) is 0 Å². The first-order chi connectivity index (χ1) is 12.6. The van der Waals surface area contributed by atoms with Crippen LogP contribution in [0.1, 0.15) is 31.9 Å². The van der Waals surface area contributed by atoms with Crippen LogP contribution < -0.4 is 4.90 Å². The van der Waals surface area contributed by atoms with E-state index in [2.05, 4.69) is 0 Å². The van der Waals surface area contributed by atoms with Gasteiger partial charge in [-0.2, -0.15) is 0 Å². The Bertz CT molecular complexity index is 977. The molecule has 0 spiro atoms. The number of nitrogens with zero attached hydrogens (tertiary/aromatic N) is 1. The van der Waals surface area contributed by atoms with E-state index in [1.165, 1.54) is 0 Å². The molecule has 2 aromatic carbocycles. The summed E-state index contributed by atoms with van der Waals surface area (Å²) in [5, 5.41) is 1.32. The summed E-state index contributed by atoms with van der Waals surface area (Å²) in [4.78, 5) is 26.7. The summed E-state index contributed by atoms with van der Waals surface area (Å²) in [6.07, 6.45) is 0.838. The second-order valence-corrected chi connectivity index (χ2v) is 8.29. The van der Waals surface area contributed by atoms with E-state index in [1.54, 1.807) is 63.2 Å². The van der Waals surface area contributed by atoms with Gasteiger partial charge in [0, 0.05) is 20.6 Å². The van der Waals surface area contributed by atoms with Crippen LogP contribution in [0.25, 0.3) is 11.6 Å². The number of hydrogen-bond donors (Lipinski definition) is 0. The molecule has 0 saturated heterocycles. The van der Waals surface area contributed by atoms with E-state index >= 15 is 0 Å². The van der Waals surface area contributed by atoms with Crippen molar-refractivity contribution in [3.8, 4) is 0 Å². The monoisotopic (exact) mass is 423 g/mol. The van der Waals surface area contributed by atoms with E-state index in [0.717, 1.165) is 4.90 Å². The van der Waals surface area contributed by atoms with Gasteiger partial charge in [0.1, 0.15) is 5.60 Å². The summed E-state index contributed by atoms with van der Waals surface area (Å²) in [5.74, 6) is -0.516. The Morgan fingerprint density at radius 1 is 1.04 bits per heavy atom. The van der Waals surface area contributed by atoms with Gasteiger partial charge in [-0.05, 0) is 62.7 Å². The third kappa shape index (κ3) is 4.13. The number of benzene rings is 2. The molecule has 7 heteroatoms. The summed E-state index contributed by atoms with van der Waals surface area (Å²) >= 11 is 18.3. The Kier molecular flexibility index (Phi) is 5.26. The van der Waals surface area contributed by atoms with Gasteiger partial charge in [-0.15, -0.1) is 0 Å². The van der Waals surface area contributed by atoms with Crippen molar-refractivity contribution < 1.29 is 14.3 Å². The van der Waals surface area contributed by atoms with Crippen LogP contribution in [0, 0.1) is 0 Å². The van der Waals surface area contributed by atoms with Crippen molar-refractivity contribution in [3.05, 3.63) is 62.6 Å². The van der Waals surface area contributed by atoms with Crippen LogP contribution in [0.5, 0.6) is 0 Å². The van der Waals surface area contributed by atoms with Crippen LogP contribution >= 0.6 is 34.8 Å². The van der Waals surface area contributed by atoms with Crippen molar-refractivity contribution >= 4 is 64.1 Å². The summed E-state index contributed by atoms with van der Waals surface area (Å²) in [5.41, 5.74) is 1.05. The summed E-state index contributed by atoms with van der Waals surface area (Å²) in [7, 11) is 0. The minimum absolute atomic E-state index is 0.302. The lowest BCUT2D eigenvalue weighted by molar-refractivity contribution is -0.112. The smallest absolute Gasteiger partial charge is 0.422 e. The fraction of sp³-hybridized carbons (Fsp3) is 0.200. The number of rotatable bonds is 1. The predicted molar refractivity (Wildman–Crippen MR) is 110 cm³/mol. The molecule has 4 nitrogen and oxygen atoms in total. The molecule has 0 aromatic heterocycles. The lowest BCUT2D eigenvalue weighted by Gasteiger charge is -2.23. The first kappa shape index (κ1) is 19.7. The SMILES string of the molecule is CC(C)(C)OC(=O)N1C(=O)/C(=C\c2cc(Cl)ccc2Cl)c2ccc(Cl)cc21. The van der Waals surface area contributed by atoms with Crippen LogP contribution in [-0.2, 0) is 9.53 Å². The zero-order chi connectivity index (χ0) is 19.9. The quantitative estimate of drug-likeness (QED) is 0.493. The number of anilines is 1. The number of fused-ring (bicyclic) bond motifs is 1. The van der Waals surface area contributed by atoms with Gasteiger partial charge < -0.3 is 4.74 Å². The molecular formula is C20H16Cl3NO3. The molecule has 0 bridgehead atoms. The van der Waals surface area contributed by atoms with E-state index in [0.29, 0.717) is 37.5 Å². The molecule has 1 heterocycles. The maximum Gasteiger partial charge on any atom is 0.422 e. The molecule has 2 aromatic rings. The number of amides is 2. The van der Waals surface area contributed by atoms with E-state index in [-0.39, 0.29) is 0 Å². The average Bonchev–Trinajstić information content (AvgIpc) is 2.80. The van der Waals surface area contributed by atoms with Gasteiger partial charge >= 0.3 is 6.09 Å². The Morgan fingerprint density at radius 3 is 2.33 bits per heavy atom. The van der Waals surface area contributed by atoms with Crippen LogP contribution in [0.4, 0.5) is 10.5 Å². The molecule has 2 amide bonds. The number of ether oxygens (including phenoxy) is 1. The lowest BCUT2D eigenvalue weighted by Crippen LogP contribution is -2.38. The molecule has 0 N–H and O–H groups in total. The first-order valence-corrected chi connectivity index (χ1v) is 9.24. The lowest BCUT2D eigenvalue weighted by atomic mass is 10.0. The van der Waals surface area contributed by atoms with Gasteiger partial charge in [-0.25, -0.2) is 9.69 Å². The van der Waals surface area contributed by atoms with Gasteiger partial charge in [0.05, 0.1) is 11.3 Å². The van der Waals surface area contributed by atoms with Crippen molar-refractivity contribution in [2.45, 2.75) is 26.4 Å². The molecule has 0 fully saturated rings. The summed E-state index contributed by atoms with van der Waals surface area (Å²) in [6.45, 7) is 5.19. The minimum atomic E-state index is -0.767. The molecule has 1 aliphatic heterocycles. The Hall–Kier alpha value is -2.01. The highest BCUT2D eigenvalue weighted by Gasteiger charge is 2.39. The number of carbonyl (C=O) groups is 2. The van der Waals surface area contributed by atoms with Gasteiger partial charge in [0.15, 0.2) is 0 Å². The molecule has 0 atom stereocenters. The van der Waals surface area contributed by atoms with E-state index < -0.39 is 17.6 Å². The zero-order valence-electron chi connectivity index (χ0n) is 14.8. The van der Waals surface area contributed by atoms with E-state index in [1.807, 2.05) is 0 Å². The molecule has 0 radical (unpaired) electrons. The van der Waals surface area contributed by atoms with Crippen molar-refractivity contribution in [1.82, 2.24) is 0 Å². The third-order valence-corrected chi connectivity index (χ3v) is 4.57. The fourth-order valence-electron chi connectivity index (χ4n) is 2.67. The standard InChI is InChI=1S/C20H16Cl3NO3/c1-20(2,3)27-19(26)24-17-10-13(22)4-6-14(17)15(18(24)25)9-11-8-12(21)5-7-16(11)23/h4-10H,1-3H3/b15-9-. The van der Waals surface area contributed by atoms with Crippen molar-refractivity contribution in [3.63, 3.8) is 0 Å². The van der Waals surface area contributed by atoms with Crippen LogP contribution in [0.2, 0.25) is 15.1 Å². The Morgan fingerprint density at radius 2 is 1.67 bits per heavy atom. The topological polar surface area (TPSA) is 46.6 Å². The number of hydrogen-bond acceptors (Lipinski definition) is 3. The fourth-order valence-corrected chi connectivity index (χ4v) is 3.19. The molecule has 0 unspecified atom stereocenters. The number of halogens is 3. The number of carbonyl (C=O) groups excluding carboxylic acids is 2. The molecule has 1 aliphatic rings. The first-order valence-electron chi connectivity index (χ1n) is 8.11. The maximum atomic E-state index is 13.0. The highest BCUT2D eigenvalue weighted by Crippen LogP contribution is 2.41. The van der Waals surface area contributed by atoms with Gasteiger partial charge in [-0.1, -0.05) is 40.9 Å². The maximum absolute atomic E-state index is 13.0. The third-order valence-electron chi connectivity index (χ3n) is 3.76. The molecule has 27 heavy (non-hydrogen) atoms. The van der Waals surface area contributed by atoms with Crippen molar-refractivity contribution in [2.75, 3.05) is 4.90 Å². The Labute approximate surface area is 172 Å². The molecule has 140 valence electrons. The van der Waals surface area contributed by atoms with Crippen molar-refractivity contribution in [1.29, 1.82) is 0 Å². The van der Waals surface area contributed by atoms with Gasteiger partial charge in [-0.3, -0.25) is 4.79 Å². The van der Waals surface area contributed by atoms with Crippen LogP contribution in [-0.4, -0.2) is 17.6 Å². The molecule has 0 saturated carbocycles. The highest BCUT2D eigenvalue weighted by atomic mass is 35.5. The summed E-state index contributed by atoms with van der Waals surface area (Å²) < 4.78 is 5.38. The Balaban J connectivity index is 2.13. The molecule has 0 aliphatic carbocycles. The minimum Gasteiger partial charge on any atom is -0.443 e. The summed E-state index contributed by atoms with van der Waals surface area (Å²) in [6, 6.07) is 9.84. The zero-order valence-corrected chi connectivity index (χ0v) is 17.1. The van der Waals surface area contributed by atoms with Crippen LogP contribution in [0.15, 0.2) is 36.4 Å². The largest absolute Gasteiger partial charge is 0.443 e. The molecule has 3 rings (SSSR count). The normalized spacial score (nSPS) is 15.3. The van der Waals surface area contributed by atoms with E-state index in [9.17, 15) is 9.59 Å². The van der Waals surface area contributed by atoms with Gasteiger partial charge in [0.25, 0.3) is 5.91 Å². The second kappa shape index (κ2) is 7.19. The number of imide groups is 1.